The number of thioether (sulfide) groups is 1. The molecule has 3 saturated carbocycles. The Bertz CT molecular complexity index is 573. The van der Waals surface area contributed by atoms with Crippen LogP contribution in [0, 0.1) is 29.1 Å². The highest BCUT2D eigenvalue weighted by atomic mass is 32.2. The molecule has 3 fully saturated rings. The van der Waals surface area contributed by atoms with E-state index in [-0.39, 0.29) is 0 Å². The maximum Gasteiger partial charge on any atom is 0.0823 e. The van der Waals surface area contributed by atoms with Gasteiger partial charge in [0.25, 0.3) is 0 Å². The van der Waals surface area contributed by atoms with Crippen molar-refractivity contribution in [3.63, 3.8) is 0 Å². The quantitative estimate of drug-likeness (QED) is 0.491. The summed E-state index contributed by atoms with van der Waals surface area (Å²) < 4.78 is 0. The lowest BCUT2D eigenvalue weighted by atomic mass is 9.53. The van der Waals surface area contributed by atoms with Gasteiger partial charge in [-0.3, -0.25) is 0 Å². The molecule has 5 atom stereocenters. The van der Waals surface area contributed by atoms with Crippen LogP contribution in [0.25, 0.3) is 0 Å². The highest BCUT2D eigenvalue weighted by molar-refractivity contribution is 7.98. The van der Waals surface area contributed by atoms with Gasteiger partial charge in [0.05, 0.1) is 6.26 Å². The summed E-state index contributed by atoms with van der Waals surface area (Å²) in [6.07, 6.45) is 17.4. The molecule has 0 saturated heterocycles. The summed E-state index contributed by atoms with van der Waals surface area (Å²) in [5.74, 6) is 4.76. The smallest absolute Gasteiger partial charge is 0.0823 e. The molecule has 0 bridgehead atoms. The van der Waals surface area contributed by atoms with Gasteiger partial charge in [-0.15, -0.1) is 0 Å². The minimum atomic E-state index is 0.573. The molecular weight excluding hydrogens is 348 g/mol. The Morgan fingerprint density at radius 1 is 1.22 bits per heavy atom. The molecule has 0 spiro atoms. The molecule has 2 heteroatoms. The number of hydrogen-bond acceptors (Lipinski definition) is 2. The lowest BCUT2D eigenvalue weighted by molar-refractivity contribution is 0.0213. The highest BCUT2D eigenvalue weighted by Gasteiger charge is 2.54. The van der Waals surface area contributed by atoms with Crippen LogP contribution >= 0.6 is 11.8 Å². The van der Waals surface area contributed by atoms with Crippen molar-refractivity contribution in [2.75, 3.05) is 12.0 Å². The van der Waals surface area contributed by atoms with E-state index in [2.05, 4.69) is 39.2 Å². The maximum absolute atomic E-state index is 9.57. The van der Waals surface area contributed by atoms with Crippen molar-refractivity contribution in [1.82, 2.24) is 0 Å². The monoisotopic (exact) mass is 390 g/mol. The molecular formula is C25H42OS. The van der Waals surface area contributed by atoms with Crippen molar-refractivity contribution in [2.45, 2.75) is 79.6 Å². The summed E-state index contributed by atoms with van der Waals surface area (Å²) in [7, 11) is 0. The van der Waals surface area contributed by atoms with Crippen molar-refractivity contribution in [1.29, 1.82) is 0 Å². The van der Waals surface area contributed by atoms with E-state index in [1.54, 1.807) is 5.57 Å². The number of aliphatic hydroxyl groups is 1. The first-order valence-electron chi connectivity index (χ1n) is 11.3. The highest BCUT2D eigenvalue weighted by Crippen LogP contribution is 2.63. The summed E-state index contributed by atoms with van der Waals surface area (Å²) in [6, 6.07) is 0. The van der Waals surface area contributed by atoms with E-state index >= 15 is 0 Å². The molecule has 0 radical (unpaired) electrons. The molecule has 1 nitrogen and oxygen atoms in total. The minimum absolute atomic E-state index is 0.573. The zero-order chi connectivity index (χ0) is 20.0. The van der Waals surface area contributed by atoms with Gasteiger partial charge in [-0.05, 0) is 110 Å². The van der Waals surface area contributed by atoms with E-state index in [0.717, 1.165) is 29.7 Å². The maximum atomic E-state index is 9.57. The van der Waals surface area contributed by atoms with Crippen LogP contribution in [0.2, 0.25) is 0 Å². The van der Waals surface area contributed by atoms with Crippen molar-refractivity contribution < 1.29 is 5.11 Å². The van der Waals surface area contributed by atoms with Crippen LogP contribution in [0.4, 0.5) is 0 Å². The number of aliphatic hydroxyl groups excluding tert-OH is 1. The summed E-state index contributed by atoms with van der Waals surface area (Å²) in [6.45, 7) is 10.9. The molecule has 0 aliphatic heterocycles. The second-order valence-corrected chi connectivity index (χ2v) is 9.57. The van der Waals surface area contributed by atoms with Crippen molar-refractivity contribution in [3.05, 3.63) is 35.1 Å². The average Bonchev–Trinajstić information content (AvgIpc) is 3.04. The van der Waals surface area contributed by atoms with E-state index in [0.29, 0.717) is 11.3 Å². The molecule has 3 aliphatic carbocycles. The summed E-state index contributed by atoms with van der Waals surface area (Å²) in [5.41, 5.74) is 4.74. The first kappa shape index (κ1) is 22.7. The molecule has 0 aromatic carbocycles. The van der Waals surface area contributed by atoms with Crippen LogP contribution in [0.3, 0.4) is 0 Å². The Morgan fingerprint density at radius 2 is 1.96 bits per heavy atom. The zero-order valence-corrected chi connectivity index (χ0v) is 19.4. The number of hydrogen-bond donors (Lipinski definition) is 1. The summed E-state index contributed by atoms with van der Waals surface area (Å²) >= 11 is 2.05. The summed E-state index contributed by atoms with van der Waals surface area (Å²) in [4.78, 5) is 0. The lowest BCUT2D eigenvalue weighted by Gasteiger charge is -2.52. The van der Waals surface area contributed by atoms with Gasteiger partial charge in [-0.25, -0.2) is 0 Å². The SMILES string of the molecule is C/C=C1/CCC2C(CCC3(C)C2CC[C@@H]3CSC)/C1=C/C(=C/O)CC.CC. The van der Waals surface area contributed by atoms with Gasteiger partial charge in [-0.2, -0.15) is 11.8 Å². The predicted octanol–water partition coefficient (Wildman–Crippen LogP) is 7.95. The lowest BCUT2D eigenvalue weighted by Crippen LogP contribution is -2.44. The van der Waals surface area contributed by atoms with Crippen LogP contribution in [0.15, 0.2) is 35.1 Å². The molecule has 27 heavy (non-hydrogen) atoms. The normalized spacial score (nSPS) is 39.0. The molecule has 0 aromatic rings. The third-order valence-corrected chi connectivity index (χ3v) is 8.52. The average molecular weight is 391 g/mol. The van der Waals surface area contributed by atoms with Crippen LogP contribution in [-0.4, -0.2) is 17.1 Å². The molecule has 0 heterocycles. The van der Waals surface area contributed by atoms with Crippen LogP contribution < -0.4 is 0 Å². The first-order chi connectivity index (χ1) is 13.1. The second kappa shape index (κ2) is 10.2. The van der Waals surface area contributed by atoms with E-state index in [1.807, 2.05) is 25.6 Å². The molecule has 1 N–H and O–H groups in total. The van der Waals surface area contributed by atoms with E-state index in [4.69, 9.17) is 0 Å². The van der Waals surface area contributed by atoms with Gasteiger partial charge in [0.15, 0.2) is 0 Å². The Kier molecular flexibility index (Phi) is 8.59. The fourth-order valence-corrected chi connectivity index (χ4v) is 7.26. The molecule has 4 unspecified atom stereocenters. The summed E-state index contributed by atoms with van der Waals surface area (Å²) in [5, 5.41) is 9.57. The van der Waals surface area contributed by atoms with Crippen molar-refractivity contribution in [3.8, 4) is 0 Å². The van der Waals surface area contributed by atoms with Gasteiger partial charge in [0.2, 0.25) is 0 Å². The first-order valence-corrected chi connectivity index (χ1v) is 12.7. The third kappa shape index (κ3) is 4.36. The van der Waals surface area contributed by atoms with Gasteiger partial charge >= 0.3 is 0 Å². The van der Waals surface area contributed by atoms with Crippen molar-refractivity contribution >= 4 is 11.8 Å². The zero-order valence-electron chi connectivity index (χ0n) is 18.6. The Morgan fingerprint density at radius 3 is 2.56 bits per heavy atom. The topological polar surface area (TPSA) is 20.2 Å². The third-order valence-electron chi connectivity index (χ3n) is 7.78. The largest absolute Gasteiger partial charge is 0.515 e. The predicted molar refractivity (Wildman–Crippen MR) is 122 cm³/mol. The minimum Gasteiger partial charge on any atom is -0.515 e. The molecule has 3 rings (SSSR count). The van der Waals surface area contributed by atoms with E-state index < -0.39 is 0 Å². The molecule has 154 valence electrons. The molecule has 0 amide bonds. The number of rotatable bonds is 4. The van der Waals surface area contributed by atoms with E-state index in [1.165, 1.54) is 56.1 Å². The van der Waals surface area contributed by atoms with Crippen LogP contribution in [-0.2, 0) is 0 Å². The van der Waals surface area contributed by atoms with Crippen LogP contribution in [0.5, 0.6) is 0 Å². The number of allylic oxidation sites excluding steroid dienone is 5. The van der Waals surface area contributed by atoms with Gasteiger partial charge in [0, 0.05) is 0 Å². The molecule has 0 aromatic heterocycles. The fourth-order valence-electron chi connectivity index (χ4n) is 6.31. The second-order valence-electron chi connectivity index (χ2n) is 8.66. The Balaban J connectivity index is 0.00000126. The van der Waals surface area contributed by atoms with E-state index in [9.17, 15) is 5.11 Å². The van der Waals surface area contributed by atoms with Crippen molar-refractivity contribution in [2.24, 2.45) is 29.1 Å². The van der Waals surface area contributed by atoms with Crippen LogP contribution in [0.1, 0.15) is 79.6 Å². The fraction of sp³-hybridized carbons (Fsp3) is 0.760. The molecule has 3 aliphatic rings. The number of fused-ring (bicyclic) bond motifs is 3. The van der Waals surface area contributed by atoms with Gasteiger partial charge in [0.1, 0.15) is 0 Å². The Hall–Kier alpha value is -0.630. The van der Waals surface area contributed by atoms with Gasteiger partial charge in [-0.1, -0.05) is 39.8 Å². The van der Waals surface area contributed by atoms with Gasteiger partial charge < -0.3 is 5.11 Å². The Labute approximate surface area is 172 Å². The standard InChI is InChI=1S/C23H36OS.C2H6/c1-5-16(14-24)13-21-17(6-2)7-9-20-19(21)11-12-23(3)18(15-25-4)8-10-22(20)23;1-2/h6,13-14,18-20,22,24H,5,7-12,15H2,1-4H3;1-2H3/b16-14+,17-6-,21-13+;/t18-,19?,20?,22?,23?;/m1./s1.